The Kier molecular flexibility index (Phi) is 6.66. The van der Waals surface area contributed by atoms with Crippen LogP contribution in [0.1, 0.15) is 42.0 Å². The average Bonchev–Trinajstić information content (AvgIpc) is 2.93. The van der Waals surface area contributed by atoms with E-state index in [1.54, 1.807) is 0 Å². The highest BCUT2D eigenvalue weighted by molar-refractivity contribution is 7.95. The van der Waals surface area contributed by atoms with Gasteiger partial charge in [0, 0.05) is 12.0 Å². The van der Waals surface area contributed by atoms with E-state index < -0.39 is 7.26 Å². The molecular weight excluding hydrogens is 459 g/mol. The Morgan fingerprint density at radius 3 is 1.67 bits per heavy atom. The van der Waals surface area contributed by atoms with Crippen molar-refractivity contribution in [2.45, 2.75) is 52.6 Å². The number of rotatable bonds is 6. The lowest BCUT2D eigenvalue weighted by Gasteiger charge is -2.39. The van der Waals surface area contributed by atoms with Crippen LogP contribution in [-0.4, -0.2) is 16.9 Å². The van der Waals surface area contributed by atoms with Gasteiger partial charge >= 0.3 is 0 Å². The van der Waals surface area contributed by atoms with Crippen molar-refractivity contribution in [1.29, 1.82) is 0 Å². The van der Waals surface area contributed by atoms with Crippen molar-refractivity contribution in [3.63, 3.8) is 0 Å². The predicted octanol–water partition coefficient (Wildman–Crippen LogP) is 6.79. The maximum absolute atomic E-state index is 10.6. The molecule has 0 amide bonds. The molecule has 0 radical (unpaired) electrons. The van der Waals surface area contributed by atoms with Crippen LogP contribution >= 0.6 is 7.26 Å². The topological polar surface area (TPSA) is 29.5 Å². The summed E-state index contributed by atoms with van der Waals surface area (Å²) in [5, 5.41) is 14.8. The van der Waals surface area contributed by atoms with Gasteiger partial charge in [-0.1, -0.05) is 54.6 Å². The first kappa shape index (κ1) is 24.6. The van der Waals surface area contributed by atoms with Gasteiger partial charge in [0.1, 0.15) is 40.3 Å². The third kappa shape index (κ3) is 4.22. The van der Waals surface area contributed by atoms with Gasteiger partial charge in [0.2, 0.25) is 0 Å². The lowest BCUT2D eigenvalue weighted by molar-refractivity contribution is 0.0608. The maximum atomic E-state index is 10.6. The summed E-state index contributed by atoms with van der Waals surface area (Å²) >= 11 is 0. The van der Waals surface area contributed by atoms with Gasteiger partial charge in [0.25, 0.3) is 0 Å². The number of fused-ring (bicyclic) bond motifs is 1. The summed E-state index contributed by atoms with van der Waals surface area (Å²) in [7, 11) is -1.91. The molecule has 2 nitrogen and oxygen atoms in total. The SMILES string of the molecule is Cc1c(C)c2c(c(C)c1O)CCC(C)(CC[P+](c1ccccc1)(c1ccccc1)c1ccccc1)O2. The van der Waals surface area contributed by atoms with Gasteiger partial charge in [-0.05, 0) is 93.6 Å². The van der Waals surface area contributed by atoms with Crippen LogP contribution in [-0.2, 0) is 6.42 Å². The molecular formula is C33H36O2P+. The van der Waals surface area contributed by atoms with E-state index in [0.717, 1.165) is 47.9 Å². The van der Waals surface area contributed by atoms with Crippen molar-refractivity contribution in [3.8, 4) is 11.5 Å². The van der Waals surface area contributed by atoms with E-state index >= 15 is 0 Å². The monoisotopic (exact) mass is 495 g/mol. The fourth-order valence-corrected chi connectivity index (χ4v) is 10.3. The van der Waals surface area contributed by atoms with Crippen LogP contribution in [0, 0.1) is 20.8 Å². The Hall–Kier alpha value is -3.09. The fourth-order valence-electron chi connectivity index (χ4n) is 5.76. The second-order valence-electron chi connectivity index (χ2n) is 10.4. The number of ether oxygens (including phenoxy) is 1. The molecule has 1 unspecified atom stereocenters. The first-order valence-corrected chi connectivity index (χ1v) is 14.9. The maximum Gasteiger partial charge on any atom is 0.127 e. The molecule has 0 saturated carbocycles. The Bertz CT molecular complexity index is 1250. The standard InChI is InChI=1S/C33H35O2P/c1-24-25(2)32-30(26(3)31(24)34)20-21-33(4,35-32)22-23-36(27-14-8-5-9-15-27,28-16-10-6-11-17-28)29-18-12-7-13-19-29/h5-19H,20-23H2,1-4H3/p+1. The molecule has 0 bridgehead atoms. The van der Waals surface area contributed by atoms with Crippen molar-refractivity contribution < 1.29 is 9.84 Å². The van der Waals surface area contributed by atoms with Crippen LogP contribution < -0.4 is 20.7 Å². The number of hydrogen-bond donors (Lipinski definition) is 1. The van der Waals surface area contributed by atoms with Crippen molar-refractivity contribution in [3.05, 3.63) is 113 Å². The highest BCUT2D eigenvalue weighted by atomic mass is 31.2. The zero-order valence-corrected chi connectivity index (χ0v) is 22.7. The number of benzene rings is 4. The smallest absolute Gasteiger partial charge is 0.127 e. The van der Waals surface area contributed by atoms with Gasteiger partial charge < -0.3 is 9.84 Å². The third-order valence-corrected chi connectivity index (χ3v) is 12.6. The average molecular weight is 496 g/mol. The zero-order chi connectivity index (χ0) is 25.3. The van der Waals surface area contributed by atoms with Gasteiger partial charge in [-0.25, -0.2) is 0 Å². The Morgan fingerprint density at radius 1 is 0.722 bits per heavy atom. The second-order valence-corrected chi connectivity index (χ2v) is 14.0. The number of aromatic hydroxyl groups is 1. The van der Waals surface area contributed by atoms with Crippen LogP contribution in [0.5, 0.6) is 11.5 Å². The number of hydrogen-bond acceptors (Lipinski definition) is 2. The predicted molar refractivity (Wildman–Crippen MR) is 154 cm³/mol. The molecule has 0 spiro atoms. The molecule has 5 rings (SSSR count). The molecule has 4 aromatic rings. The molecule has 1 heterocycles. The van der Waals surface area contributed by atoms with Gasteiger partial charge in [-0.15, -0.1) is 0 Å². The van der Waals surface area contributed by atoms with Crippen LogP contribution in [0.3, 0.4) is 0 Å². The van der Waals surface area contributed by atoms with E-state index in [9.17, 15) is 5.11 Å². The molecule has 1 atom stereocenters. The highest BCUT2D eigenvalue weighted by Gasteiger charge is 2.47. The van der Waals surface area contributed by atoms with E-state index in [0.29, 0.717) is 5.75 Å². The van der Waals surface area contributed by atoms with E-state index in [4.69, 9.17) is 4.74 Å². The van der Waals surface area contributed by atoms with Gasteiger partial charge in [0.05, 0.1) is 6.16 Å². The summed E-state index contributed by atoms with van der Waals surface area (Å²) in [5.41, 5.74) is 3.86. The quantitative estimate of drug-likeness (QED) is 0.299. The largest absolute Gasteiger partial charge is 0.507 e. The summed E-state index contributed by atoms with van der Waals surface area (Å²) in [5.74, 6) is 1.40. The molecule has 1 aliphatic rings. The molecule has 0 fully saturated rings. The van der Waals surface area contributed by atoms with Gasteiger partial charge in [0.15, 0.2) is 0 Å². The van der Waals surface area contributed by atoms with Crippen molar-refractivity contribution in [2.75, 3.05) is 6.16 Å². The minimum absolute atomic E-state index is 0.267. The molecule has 1 aliphatic heterocycles. The molecule has 4 aromatic carbocycles. The molecule has 184 valence electrons. The number of phenols is 1. The Labute approximate surface area is 216 Å². The zero-order valence-electron chi connectivity index (χ0n) is 21.8. The van der Waals surface area contributed by atoms with E-state index in [1.165, 1.54) is 21.5 Å². The highest BCUT2D eigenvalue weighted by Crippen LogP contribution is 2.57. The molecule has 3 heteroatoms. The van der Waals surface area contributed by atoms with Crippen LogP contribution in [0.2, 0.25) is 0 Å². The summed E-state index contributed by atoms with van der Waals surface area (Å²) in [6.45, 7) is 8.37. The molecule has 0 aliphatic carbocycles. The summed E-state index contributed by atoms with van der Waals surface area (Å²) in [4.78, 5) is 0. The normalized spacial score (nSPS) is 17.3. The van der Waals surface area contributed by atoms with Crippen LogP contribution in [0.25, 0.3) is 0 Å². The third-order valence-electron chi connectivity index (χ3n) is 8.16. The van der Waals surface area contributed by atoms with E-state index in [1.807, 2.05) is 13.8 Å². The molecule has 36 heavy (non-hydrogen) atoms. The minimum atomic E-state index is -1.91. The minimum Gasteiger partial charge on any atom is -0.507 e. The van der Waals surface area contributed by atoms with E-state index in [-0.39, 0.29) is 5.60 Å². The van der Waals surface area contributed by atoms with Crippen molar-refractivity contribution in [2.24, 2.45) is 0 Å². The van der Waals surface area contributed by atoms with Crippen LogP contribution in [0.4, 0.5) is 0 Å². The summed E-state index contributed by atoms with van der Waals surface area (Å²) < 4.78 is 6.88. The second kappa shape index (κ2) is 9.75. The van der Waals surface area contributed by atoms with Crippen LogP contribution in [0.15, 0.2) is 91.0 Å². The fraction of sp³-hybridized carbons (Fsp3) is 0.273. The first-order valence-electron chi connectivity index (χ1n) is 12.9. The van der Waals surface area contributed by atoms with E-state index in [2.05, 4.69) is 105 Å². The molecule has 0 saturated heterocycles. The Morgan fingerprint density at radius 2 is 1.19 bits per heavy atom. The summed E-state index contributed by atoms with van der Waals surface area (Å²) in [6.07, 6.45) is 3.87. The number of phenolic OH excluding ortho intramolecular Hbond substituents is 1. The summed E-state index contributed by atoms with van der Waals surface area (Å²) in [6, 6.07) is 33.2. The van der Waals surface area contributed by atoms with Gasteiger partial charge in [-0.3, -0.25) is 0 Å². The Balaban J connectivity index is 1.58. The lowest BCUT2D eigenvalue weighted by atomic mass is 9.86. The van der Waals surface area contributed by atoms with Crippen molar-refractivity contribution >= 4 is 23.2 Å². The first-order chi connectivity index (χ1) is 17.4. The molecule has 1 N–H and O–H groups in total. The lowest BCUT2D eigenvalue weighted by Crippen LogP contribution is -2.41. The van der Waals surface area contributed by atoms with Gasteiger partial charge in [-0.2, -0.15) is 0 Å². The molecule has 0 aromatic heterocycles. The van der Waals surface area contributed by atoms with Crippen molar-refractivity contribution in [1.82, 2.24) is 0 Å².